The van der Waals surface area contributed by atoms with Crippen molar-refractivity contribution in [1.29, 1.82) is 0 Å². The van der Waals surface area contributed by atoms with E-state index in [-0.39, 0.29) is 24.3 Å². The van der Waals surface area contributed by atoms with Crippen LogP contribution in [0.2, 0.25) is 0 Å². The molecule has 1 saturated heterocycles. The number of benzene rings is 1. The molecule has 1 atom stereocenters. The second kappa shape index (κ2) is 5.26. The Balaban J connectivity index is 1.79. The minimum absolute atomic E-state index is 0.240. The normalized spacial score (nSPS) is 25.4. The van der Waals surface area contributed by atoms with Crippen LogP contribution in [0.4, 0.5) is 0 Å². The lowest BCUT2D eigenvalue weighted by Gasteiger charge is -2.26. The van der Waals surface area contributed by atoms with Crippen molar-refractivity contribution in [2.45, 2.75) is 25.9 Å². The molecule has 0 saturated carbocycles. The number of nitrogens with zero attached hydrogens (tertiary/aromatic N) is 1. The lowest BCUT2D eigenvalue weighted by Crippen LogP contribution is -2.33. The number of hydrogen-bond donors (Lipinski definition) is 0. The van der Waals surface area contributed by atoms with Crippen LogP contribution in [-0.4, -0.2) is 44.2 Å². The van der Waals surface area contributed by atoms with Crippen LogP contribution >= 0.6 is 0 Å². The van der Waals surface area contributed by atoms with E-state index >= 15 is 0 Å². The number of hydrogen-bond acceptors (Lipinski definition) is 5. The molecule has 1 aromatic rings. The first kappa shape index (κ1) is 13.7. The summed E-state index contributed by atoms with van der Waals surface area (Å²) < 4.78 is 34.3. The van der Waals surface area contributed by atoms with Gasteiger partial charge in [0.15, 0.2) is 21.3 Å². The van der Waals surface area contributed by atoms with Crippen LogP contribution < -0.4 is 9.47 Å². The first-order chi connectivity index (χ1) is 9.55. The fourth-order valence-electron chi connectivity index (χ4n) is 2.68. The summed E-state index contributed by atoms with van der Waals surface area (Å²) in [5, 5.41) is 0. The highest BCUT2D eigenvalue weighted by Gasteiger charge is 2.26. The van der Waals surface area contributed by atoms with Crippen LogP contribution in [-0.2, 0) is 16.4 Å². The molecule has 1 fully saturated rings. The Morgan fingerprint density at radius 2 is 2.15 bits per heavy atom. The number of rotatable bonds is 2. The average Bonchev–Trinajstić information content (AvgIpc) is 2.85. The van der Waals surface area contributed by atoms with Gasteiger partial charge in [0.1, 0.15) is 0 Å². The molecule has 5 nitrogen and oxygen atoms in total. The highest BCUT2D eigenvalue weighted by Crippen LogP contribution is 2.36. The van der Waals surface area contributed by atoms with Gasteiger partial charge in [0.25, 0.3) is 0 Å². The van der Waals surface area contributed by atoms with Crippen molar-refractivity contribution in [2.24, 2.45) is 0 Å². The molecule has 1 aromatic carbocycles. The highest BCUT2D eigenvalue weighted by molar-refractivity contribution is 7.91. The molecule has 0 N–H and O–H groups in total. The summed E-state index contributed by atoms with van der Waals surface area (Å²) in [5.74, 6) is 2.10. The molecule has 20 heavy (non-hydrogen) atoms. The third-order valence-corrected chi connectivity index (χ3v) is 5.67. The lowest BCUT2D eigenvalue weighted by molar-refractivity contribution is 0.169. The Morgan fingerprint density at radius 3 is 3.00 bits per heavy atom. The summed E-state index contributed by atoms with van der Waals surface area (Å²) in [6, 6.07) is 6.11. The van der Waals surface area contributed by atoms with Crippen LogP contribution in [0, 0.1) is 0 Å². The lowest BCUT2D eigenvalue weighted by atomic mass is 10.1. The fraction of sp³-hybridized carbons (Fsp3) is 0.571. The van der Waals surface area contributed by atoms with E-state index in [1.165, 1.54) is 0 Å². The molecular formula is C14H19NO4S. The molecule has 2 heterocycles. The standard InChI is InChI=1S/C14H19NO4S/c1-11-5-7-20(16,17)8-6-15(11)9-12-3-2-4-13-14(12)19-10-18-13/h2-4,11H,5-10H2,1H3/t11-/m0/s1. The molecular weight excluding hydrogens is 278 g/mol. The van der Waals surface area contributed by atoms with E-state index in [0.717, 1.165) is 17.1 Å². The van der Waals surface area contributed by atoms with Crippen molar-refractivity contribution in [3.05, 3.63) is 23.8 Å². The Kier molecular flexibility index (Phi) is 3.60. The summed E-state index contributed by atoms with van der Waals surface area (Å²) in [6.45, 7) is 3.62. The van der Waals surface area contributed by atoms with E-state index < -0.39 is 9.84 Å². The first-order valence-electron chi connectivity index (χ1n) is 6.87. The molecule has 3 rings (SSSR count). The molecule has 0 radical (unpaired) electrons. The van der Waals surface area contributed by atoms with E-state index in [0.29, 0.717) is 19.5 Å². The fourth-order valence-corrected chi connectivity index (χ4v) is 4.10. The van der Waals surface area contributed by atoms with Crippen molar-refractivity contribution >= 4 is 9.84 Å². The van der Waals surface area contributed by atoms with E-state index in [9.17, 15) is 8.42 Å². The summed E-state index contributed by atoms with van der Waals surface area (Å²) in [5.41, 5.74) is 1.06. The van der Waals surface area contributed by atoms with E-state index in [2.05, 4.69) is 11.8 Å². The second-order valence-corrected chi connectivity index (χ2v) is 7.71. The summed E-state index contributed by atoms with van der Waals surface area (Å²) in [7, 11) is -2.89. The van der Waals surface area contributed by atoms with Crippen LogP contribution in [0.3, 0.4) is 0 Å². The predicted octanol–water partition coefficient (Wildman–Crippen LogP) is 1.42. The Morgan fingerprint density at radius 1 is 1.30 bits per heavy atom. The first-order valence-corrected chi connectivity index (χ1v) is 8.69. The molecule has 0 unspecified atom stereocenters. The third-order valence-electron chi connectivity index (χ3n) is 4.01. The zero-order valence-corrected chi connectivity index (χ0v) is 12.4. The molecule has 0 amide bonds. The van der Waals surface area contributed by atoms with Crippen LogP contribution in [0.5, 0.6) is 11.5 Å². The number of sulfone groups is 1. The maximum Gasteiger partial charge on any atom is 0.231 e. The van der Waals surface area contributed by atoms with Gasteiger partial charge < -0.3 is 9.47 Å². The van der Waals surface area contributed by atoms with Gasteiger partial charge in [-0.25, -0.2) is 8.42 Å². The van der Waals surface area contributed by atoms with Crippen molar-refractivity contribution in [3.63, 3.8) is 0 Å². The van der Waals surface area contributed by atoms with E-state index in [1.54, 1.807) is 0 Å². The van der Waals surface area contributed by atoms with Crippen LogP contribution in [0.25, 0.3) is 0 Å². The Labute approximate surface area is 119 Å². The molecule has 2 aliphatic rings. The predicted molar refractivity (Wildman–Crippen MR) is 75.7 cm³/mol. The maximum atomic E-state index is 11.7. The van der Waals surface area contributed by atoms with Gasteiger partial charge in [-0.05, 0) is 19.4 Å². The van der Waals surface area contributed by atoms with Crippen molar-refractivity contribution in [1.82, 2.24) is 4.90 Å². The van der Waals surface area contributed by atoms with Crippen LogP contribution in [0.1, 0.15) is 18.9 Å². The van der Waals surface area contributed by atoms with Crippen molar-refractivity contribution in [3.8, 4) is 11.5 Å². The minimum atomic E-state index is -2.89. The van der Waals surface area contributed by atoms with E-state index in [4.69, 9.17) is 9.47 Å². The topological polar surface area (TPSA) is 55.8 Å². The molecule has 0 aliphatic carbocycles. The van der Waals surface area contributed by atoms with Gasteiger partial charge in [-0.2, -0.15) is 0 Å². The SMILES string of the molecule is C[C@H]1CCS(=O)(=O)CCN1Cc1cccc2c1OCO2. The minimum Gasteiger partial charge on any atom is -0.454 e. The monoisotopic (exact) mass is 297 g/mol. The van der Waals surface area contributed by atoms with Gasteiger partial charge in [-0.15, -0.1) is 0 Å². The van der Waals surface area contributed by atoms with Gasteiger partial charge in [0, 0.05) is 24.7 Å². The summed E-state index contributed by atoms with van der Waals surface area (Å²) in [6.07, 6.45) is 0.689. The van der Waals surface area contributed by atoms with Crippen molar-refractivity contribution < 1.29 is 17.9 Å². The van der Waals surface area contributed by atoms with Gasteiger partial charge in [0.05, 0.1) is 11.5 Å². The Hall–Kier alpha value is -1.27. The van der Waals surface area contributed by atoms with Gasteiger partial charge in [-0.3, -0.25) is 4.90 Å². The van der Waals surface area contributed by atoms with Gasteiger partial charge >= 0.3 is 0 Å². The molecule has 6 heteroatoms. The number of fused-ring (bicyclic) bond motifs is 1. The van der Waals surface area contributed by atoms with Gasteiger partial charge in [0.2, 0.25) is 6.79 Å². The quantitative estimate of drug-likeness (QED) is 0.826. The largest absolute Gasteiger partial charge is 0.454 e. The molecule has 2 aliphatic heterocycles. The van der Waals surface area contributed by atoms with Crippen LogP contribution in [0.15, 0.2) is 18.2 Å². The zero-order valence-electron chi connectivity index (χ0n) is 11.5. The number of ether oxygens (including phenoxy) is 2. The molecule has 0 aromatic heterocycles. The second-order valence-electron chi connectivity index (χ2n) is 5.41. The molecule has 0 spiro atoms. The molecule has 110 valence electrons. The maximum absolute atomic E-state index is 11.7. The van der Waals surface area contributed by atoms with Gasteiger partial charge in [-0.1, -0.05) is 12.1 Å². The van der Waals surface area contributed by atoms with Crippen molar-refractivity contribution in [2.75, 3.05) is 24.8 Å². The highest BCUT2D eigenvalue weighted by atomic mass is 32.2. The van der Waals surface area contributed by atoms with E-state index in [1.807, 2.05) is 18.2 Å². The Bertz CT molecular complexity index is 599. The summed E-state index contributed by atoms with van der Waals surface area (Å²) >= 11 is 0. The number of para-hydroxylation sites is 1. The smallest absolute Gasteiger partial charge is 0.231 e. The zero-order chi connectivity index (χ0) is 14.2. The molecule has 0 bridgehead atoms. The average molecular weight is 297 g/mol. The summed E-state index contributed by atoms with van der Waals surface area (Å²) in [4.78, 5) is 2.21. The third kappa shape index (κ3) is 2.76.